The van der Waals surface area contributed by atoms with E-state index in [2.05, 4.69) is 9.97 Å². The summed E-state index contributed by atoms with van der Waals surface area (Å²) in [5, 5.41) is 11.6. The summed E-state index contributed by atoms with van der Waals surface area (Å²) in [5.74, 6) is -2.39. The number of aromatic amines is 1. The number of amides is 1. The highest BCUT2D eigenvalue weighted by Gasteiger charge is 2.48. The SMILES string of the molecule is COc1ccc(Cl)cc1/C(O)=C1\C(=O)C(=O)N(c2nc3ccccc3[nH]2)C1c1ccc(F)cc1. The smallest absolute Gasteiger partial charge is 0.302 e. The molecule has 7 nitrogen and oxygen atoms in total. The molecule has 0 saturated carbocycles. The number of ether oxygens (including phenoxy) is 1. The van der Waals surface area contributed by atoms with E-state index in [-0.39, 0.29) is 22.8 Å². The number of H-pyrrole nitrogens is 1. The number of aliphatic hydroxyl groups excluding tert-OH is 1. The highest BCUT2D eigenvalue weighted by Crippen LogP contribution is 2.43. The zero-order chi connectivity index (χ0) is 24.0. The Morgan fingerprint density at radius 3 is 2.56 bits per heavy atom. The van der Waals surface area contributed by atoms with E-state index >= 15 is 0 Å². The first-order valence-corrected chi connectivity index (χ1v) is 10.6. The zero-order valence-corrected chi connectivity index (χ0v) is 18.5. The maximum Gasteiger partial charge on any atom is 0.302 e. The maximum atomic E-state index is 13.7. The standard InChI is InChI=1S/C25H17ClFN3O4/c1-34-19-11-8-14(26)12-16(19)22(31)20-21(13-6-9-15(27)10-7-13)30(24(33)23(20)32)25-28-17-4-2-3-5-18(17)29-25/h2-12,21,31H,1H3,(H,28,29)/b22-20+. The molecule has 9 heteroatoms. The number of hydrogen-bond donors (Lipinski definition) is 2. The number of aromatic nitrogens is 2. The molecule has 2 heterocycles. The third kappa shape index (κ3) is 3.48. The molecule has 1 amide bonds. The molecule has 1 fully saturated rings. The van der Waals surface area contributed by atoms with Crippen molar-refractivity contribution in [3.05, 3.63) is 94.3 Å². The Hall–Kier alpha value is -4.17. The Balaban J connectivity index is 1.76. The maximum absolute atomic E-state index is 13.7. The molecule has 0 bridgehead atoms. The van der Waals surface area contributed by atoms with E-state index in [4.69, 9.17) is 16.3 Å². The number of Topliss-reactive ketones (excluding diaryl/α,β-unsaturated/α-hetero) is 1. The molecule has 1 aliphatic heterocycles. The van der Waals surface area contributed by atoms with Gasteiger partial charge in [0.1, 0.15) is 17.3 Å². The van der Waals surface area contributed by atoms with Gasteiger partial charge in [-0.1, -0.05) is 35.9 Å². The van der Waals surface area contributed by atoms with Crippen LogP contribution in [0, 0.1) is 5.82 Å². The number of fused-ring (bicyclic) bond motifs is 1. The van der Waals surface area contributed by atoms with Crippen LogP contribution in [-0.2, 0) is 9.59 Å². The van der Waals surface area contributed by atoms with Crippen molar-refractivity contribution in [2.24, 2.45) is 0 Å². The molecule has 1 saturated heterocycles. The van der Waals surface area contributed by atoms with Gasteiger partial charge in [-0.3, -0.25) is 14.5 Å². The van der Waals surface area contributed by atoms with Gasteiger partial charge in [-0.2, -0.15) is 0 Å². The van der Waals surface area contributed by atoms with Gasteiger partial charge in [-0.15, -0.1) is 0 Å². The minimum atomic E-state index is -1.08. The van der Waals surface area contributed by atoms with Crippen LogP contribution in [0.1, 0.15) is 17.2 Å². The van der Waals surface area contributed by atoms with Gasteiger partial charge in [0.05, 0.1) is 35.3 Å². The Labute approximate surface area is 198 Å². The van der Waals surface area contributed by atoms with Gasteiger partial charge in [0.15, 0.2) is 0 Å². The molecule has 1 aliphatic rings. The lowest BCUT2D eigenvalue weighted by atomic mass is 9.95. The van der Waals surface area contributed by atoms with E-state index in [9.17, 15) is 19.1 Å². The normalized spacial score (nSPS) is 17.5. The number of para-hydroxylation sites is 2. The van der Waals surface area contributed by atoms with Crippen molar-refractivity contribution in [2.45, 2.75) is 6.04 Å². The summed E-state index contributed by atoms with van der Waals surface area (Å²) in [6, 6.07) is 15.9. The number of nitrogens with zero attached hydrogens (tertiary/aromatic N) is 2. The van der Waals surface area contributed by atoms with Crippen LogP contribution in [0.4, 0.5) is 10.3 Å². The summed E-state index contributed by atoms with van der Waals surface area (Å²) in [6.45, 7) is 0. The van der Waals surface area contributed by atoms with Crippen LogP contribution in [0.2, 0.25) is 5.02 Å². The Kier molecular flexibility index (Phi) is 5.30. The number of halogens is 2. The Bertz CT molecular complexity index is 1450. The largest absolute Gasteiger partial charge is 0.507 e. The molecule has 0 spiro atoms. The van der Waals surface area contributed by atoms with Crippen molar-refractivity contribution in [1.29, 1.82) is 0 Å². The molecular weight excluding hydrogens is 461 g/mol. The molecule has 4 aromatic rings. The molecule has 0 aliphatic carbocycles. The topological polar surface area (TPSA) is 95.5 Å². The molecule has 1 aromatic heterocycles. The number of carbonyl (C=O) groups excluding carboxylic acids is 2. The highest BCUT2D eigenvalue weighted by molar-refractivity contribution is 6.51. The molecule has 0 radical (unpaired) electrons. The predicted molar refractivity (Wildman–Crippen MR) is 125 cm³/mol. The second-order valence-corrected chi connectivity index (χ2v) is 8.08. The monoisotopic (exact) mass is 477 g/mol. The van der Waals surface area contributed by atoms with Gasteiger partial charge in [0.25, 0.3) is 5.78 Å². The number of methoxy groups -OCH3 is 1. The fourth-order valence-corrected chi connectivity index (χ4v) is 4.25. The summed E-state index contributed by atoms with van der Waals surface area (Å²) >= 11 is 6.12. The number of anilines is 1. The minimum absolute atomic E-state index is 0.120. The number of ketones is 1. The molecule has 1 atom stereocenters. The van der Waals surface area contributed by atoms with Crippen molar-refractivity contribution >= 4 is 46.0 Å². The second kappa shape index (κ2) is 8.31. The lowest BCUT2D eigenvalue weighted by Gasteiger charge is -2.23. The quantitative estimate of drug-likeness (QED) is 0.245. The number of benzene rings is 3. The first kappa shape index (κ1) is 21.7. The van der Waals surface area contributed by atoms with Gasteiger partial charge in [-0.05, 0) is 48.0 Å². The molecule has 3 aromatic carbocycles. The fraction of sp³-hybridized carbons (Fsp3) is 0.0800. The van der Waals surface area contributed by atoms with Gasteiger partial charge in [-0.25, -0.2) is 9.37 Å². The fourth-order valence-electron chi connectivity index (χ4n) is 4.08. The van der Waals surface area contributed by atoms with Crippen LogP contribution in [-0.4, -0.2) is 33.9 Å². The number of rotatable bonds is 4. The van der Waals surface area contributed by atoms with Crippen LogP contribution < -0.4 is 9.64 Å². The van der Waals surface area contributed by atoms with E-state index in [0.717, 1.165) is 4.90 Å². The third-order valence-electron chi connectivity index (χ3n) is 5.65. The summed E-state index contributed by atoms with van der Waals surface area (Å²) < 4.78 is 19.0. The second-order valence-electron chi connectivity index (χ2n) is 7.64. The van der Waals surface area contributed by atoms with Crippen molar-refractivity contribution in [3.63, 3.8) is 0 Å². The molecule has 34 heavy (non-hydrogen) atoms. The predicted octanol–water partition coefficient (Wildman–Crippen LogP) is 4.99. The summed E-state index contributed by atoms with van der Waals surface area (Å²) in [6.07, 6.45) is 0. The number of carbonyl (C=O) groups is 2. The van der Waals surface area contributed by atoms with E-state index in [1.807, 2.05) is 0 Å². The first-order valence-electron chi connectivity index (χ1n) is 10.2. The molecule has 1 unspecified atom stereocenters. The lowest BCUT2D eigenvalue weighted by Crippen LogP contribution is -2.30. The molecule has 2 N–H and O–H groups in total. The summed E-state index contributed by atoms with van der Waals surface area (Å²) in [5.41, 5.74) is 1.61. The minimum Gasteiger partial charge on any atom is -0.507 e. The summed E-state index contributed by atoms with van der Waals surface area (Å²) in [7, 11) is 1.41. The number of nitrogens with one attached hydrogen (secondary N) is 1. The molecule has 170 valence electrons. The number of imidazole rings is 1. The van der Waals surface area contributed by atoms with Crippen molar-refractivity contribution < 1.29 is 23.8 Å². The van der Waals surface area contributed by atoms with Crippen LogP contribution in [0.3, 0.4) is 0 Å². The first-order chi connectivity index (χ1) is 16.4. The summed E-state index contributed by atoms with van der Waals surface area (Å²) in [4.78, 5) is 35.2. The highest BCUT2D eigenvalue weighted by atomic mass is 35.5. The van der Waals surface area contributed by atoms with Crippen molar-refractivity contribution in [3.8, 4) is 5.75 Å². The van der Waals surface area contributed by atoms with E-state index in [1.54, 1.807) is 36.4 Å². The van der Waals surface area contributed by atoms with Crippen LogP contribution >= 0.6 is 11.6 Å². The van der Waals surface area contributed by atoms with Crippen LogP contribution in [0.5, 0.6) is 5.75 Å². The van der Waals surface area contributed by atoms with Gasteiger partial charge < -0.3 is 14.8 Å². The van der Waals surface area contributed by atoms with Gasteiger partial charge in [0, 0.05) is 5.02 Å². The van der Waals surface area contributed by atoms with Crippen LogP contribution in [0.15, 0.2) is 72.3 Å². The zero-order valence-electron chi connectivity index (χ0n) is 17.8. The number of hydrogen-bond acceptors (Lipinski definition) is 5. The Morgan fingerprint density at radius 2 is 1.85 bits per heavy atom. The van der Waals surface area contributed by atoms with Crippen LogP contribution in [0.25, 0.3) is 16.8 Å². The molecule has 5 rings (SSSR count). The van der Waals surface area contributed by atoms with Gasteiger partial charge in [0.2, 0.25) is 5.95 Å². The Morgan fingerprint density at radius 1 is 1.12 bits per heavy atom. The molecular formula is C25H17ClFN3O4. The van der Waals surface area contributed by atoms with E-state index in [1.165, 1.54) is 37.4 Å². The lowest BCUT2D eigenvalue weighted by molar-refractivity contribution is -0.132. The van der Waals surface area contributed by atoms with E-state index in [0.29, 0.717) is 21.6 Å². The average molecular weight is 478 g/mol. The van der Waals surface area contributed by atoms with Crippen molar-refractivity contribution in [1.82, 2.24) is 9.97 Å². The third-order valence-corrected chi connectivity index (χ3v) is 5.89. The van der Waals surface area contributed by atoms with Crippen molar-refractivity contribution in [2.75, 3.05) is 12.0 Å². The van der Waals surface area contributed by atoms with Gasteiger partial charge >= 0.3 is 5.91 Å². The number of aliphatic hydroxyl groups is 1. The van der Waals surface area contributed by atoms with E-state index < -0.39 is 29.3 Å². The average Bonchev–Trinajstić information content (AvgIpc) is 3.37.